The lowest BCUT2D eigenvalue weighted by Crippen LogP contribution is -2.01. The summed E-state index contributed by atoms with van der Waals surface area (Å²) in [6, 6.07) is 18.5. The van der Waals surface area contributed by atoms with E-state index in [-0.39, 0.29) is 5.82 Å². The molecule has 7 heteroatoms. The van der Waals surface area contributed by atoms with Crippen molar-refractivity contribution in [3.05, 3.63) is 90.1 Å². The molecule has 0 spiro atoms. The predicted octanol–water partition coefficient (Wildman–Crippen LogP) is 5.06. The summed E-state index contributed by atoms with van der Waals surface area (Å²) in [5, 5.41) is 13.7. The van der Waals surface area contributed by atoms with Crippen molar-refractivity contribution >= 4 is 10.9 Å². The average molecular weight is 425 g/mol. The fourth-order valence-electron chi connectivity index (χ4n) is 3.66. The Morgan fingerprint density at radius 2 is 1.84 bits per heavy atom. The molecule has 0 saturated carbocycles. The zero-order valence-electron chi connectivity index (χ0n) is 17.7. The van der Waals surface area contributed by atoms with Crippen LogP contribution in [-0.2, 0) is 6.54 Å². The molecule has 5 aromatic rings. The number of rotatable bonds is 5. The zero-order valence-corrected chi connectivity index (χ0v) is 17.7. The number of aromatic nitrogens is 5. The molecule has 158 valence electrons. The first-order valence-corrected chi connectivity index (χ1v) is 10.2. The van der Waals surface area contributed by atoms with Crippen LogP contribution in [0, 0.1) is 12.7 Å². The third-order valence-corrected chi connectivity index (χ3v) is 5.32. The van der Waals surface area contributed by atoms with Gasteiger partial charge in [0.2, 0.25) is 5.88 Å². The van der Waals surface area contributed by atoms with Crippen LogP contribution in [0.5, 0.6) is 5.88 Å². The van der Waals surface area contributed by atoms with E-state index in [1.807, 2.05) is 55.6 Å². The maximum atomic E-state index is 14.0. The molecule has 0 aliphatic carbocycles. The van der Waals surface area contributed by atoms with Gasteiger partial charge in [0.25, 0.3) is 0 Å². The molecule has 2 aromatic carbocycles. The summed E-state index contributed by atoms with van der Waals surface area (Å²) >= 11 is 0. The molecule has 6 nitrogen and oxygen atoms in total. The molecule has 0 fully saturated rings. The molecule has 0 N–H and O–H groups in total. The van der Waals surface area contributed by atoms with E-state index in [1.165, 1.54) is 6.07 Å². The van der Waals surface area contributed by atoms with Crippen molar-refractivity contribution in [3.8, 4) is 28.3 Å². The standard InChI is InChI=1S/C25H20FN5O/c1-16-7-10-21(20-13-27-31(15-20)14-19-5-3-4-6-22(19)26)25(28-16)18-9-8-17-12-24(32-2)30-29-23(17)11-18/h3-13,15H,14H2,1-2H3. The number of nitrogens with zero attached hydrogens (tertiary/aromatic N) is 5. The molecule has 0 aliphatic heterocycles. The third kappa shape index (κ3) is 3.80. The predicted molar refractivity (Wildman–Crippen MR) is 121 cm³/mol. The van der Waals surface area contributed by atoms with E-state index in [2.05, 4.69) is 15.3 Å². The van der Waals surface area contributed by atoms with Gasteiger partial charge in [-0.05, 0) is 25.1 Å². The number of benzene rings is 2. The molecule has 0 radical (unpaired) electrons. The van der Waals surface area contributed by atoms with E-state index >= 15 is 0 Å². The van der Waals surface area contributed by atoms with E-state index in [0.29, 0.717) is 18.0 Å². The summed E-state index contributed by atoms with van der Waals surface area (Å²) in [6.07, 6.45) is 3.69. The van der Waals surface area contributed by atoms with Gasteiger partial charge in [-0.2, -0.15) is 5.10 Å². The summed E-state index contributed by atoms with van der Waals surface area (Å²) in [5.74, 6) is 0.234. The number of hydrogen-bond acceptors (Lipinski definition) is 5. The van der Waals surface area contributed by atoms with Gasteiger partial charge >= 0.3 is 0 Å². The van der Waals surface area contributed by atoms with Crippen molar-refractivity contribution in [2.45, 2.75) is 13.5 Å². The van der Waals surface area contributed by atoms with E-state index in [0.717, 1.165) is 39.0 Å². The number of pyridine rings is 1. The fraction of sp³-hybridized carbons (Fsp3) is 0.120. The van der Waals surface area contributed by atoms with Crippen LogP contribution in [0.2, 0.25) is 0 Å². The highest BCUT2D eigenvalue weighted by Gasteiger charge is 2.13. The number of aryl methyl sites for hydroxylation is 1. The minimum absolute atomic E-state index is 0.240. The van der Waals surface area contributed by atoms with Crippen LogP contribution in [0.4, 0.5) is 4.39 Å². The number of hydrogen-bond donors (Lipinski definition) is 0. The van der Waals surface area contributed by atoms with Crippen LogP contribution in [0.3, 0.4) is 0 Å². The van der Waals surface area contributed by atoms with Crippen molar-refractivity contribution in [3.63, 3.8) is 0 Å². The second-order valence-electron chi connectivity index (χ2n) is 7.53. The molecular formula is C25H20FN5O. The largest absolute Gasteiger partial charge is 0.480 e. The van der Waals surface area contributed by atoms with E-state index in [4.69, 9.17) is 9.72 Å². The van der Waals surface area contributed by atoms with Gasteiger partial charge in [0, 0.05) is 45.6 Å². The van der Waals surface area contributed by atoms with Crippen LogP contribution >= 0.6 is 0 Å². The molecule has 3 heterocycles. The number of halogens is 1. The van der Waals surface area contributed by atoms with Gasteiger partial charge in [0.15, 0.2) is 0 Å². The Morgan fingerprint density at radius 3 is 2.69 bits per heavy atom. The first-order valence-electron chi connectivity index (χ1n) is 10.2. The molecule has 5 rings (SSSR count). The van der Waals surface area contributed by atoms with Gasteiger partial charge in [-0.1, -0.05) is 36.4 Å². The lowest BCUT2D eigenvalue weighted by molar-refractivity contribution is 0.393. The summed E-state index contributed by atoms with van der Waals surface area (Å²) < 4.78 is 20.9. The van der Waals surface area contributed by atoms with Gasteiger partial charge < -0.3 is 4.74 Å². The molecule has 0 amide bonds. The van der Waals surface area contributed by atoms with Gasteiger partial charge in [-0.3, -0.25) is 9.67 Å². The van der Waals surface area contributed by atoms with Crippen LogP contribution in [0.15, 0.2) is 73.1 Å². The maximum Gasteiger partial charge on any atom is 0.233 e. The smallest absolute Gasteiger partial charge is 0.233 e. The van der Waals surface area contributed by atoms with Gasteiger partial charge in [-0.15, -0.1) is 10.2 Å². The highest BCUT2D eigenvalue weighted by atomic mass is 19.1. The topological polar surface area (TPSA) is 65.7 Å². The molecular weight excluding hydrogens is 405 g/mol. The summed E-state index contributed by atoms with van der Waals surface area (Å²) in [5.41, 5.74) is 5.86. The first-order chi connectivity index (χ1) is 15.6. The Labute approximate surface area is 184 Å². The minimum Gasteiger partial charge on any atom is -0.480 e. The van der Waals surface area contributed by atoms with Crippen molar-refractivity contribution < 1.29 is 9.13 Å². The number of methoxy groups -OCH3 is 1. The lowest BCUT2D eigenvalue weighted by atomic mass is 10.00. The molecule has 32 heavy (non-hydrogen) atoms. The Morgan fingerprint density at radius 1 is 0.969 bits per heavy atom. The van der Waals surface area contributed by atoms with Crippen molar-refractivity contribution in [2.75, 3.05) is 7.11 Å². The molecule has 0 unspecified atom stereocenters. The Kier molecular flexibility index (Phi) is 5.07. The second-order valence-corrected chi connectivity index (χ2v) is 7.53. The van der Waals surface area contributed by atoms with Gasteiger partial charge in [-0.25, -0.2) is 4.39 Å². The SMILES string of the molecule is COc1cc2ccc(-c3nc(C)ccc3-c3cnn(Cc4ccccc4F)c3)cc2nn1. The number of ether oxygens (including phenoxy) is 1. The maximum absolute atomic E-state index is 14.0. The normalized spacial score (nSPS) is 11.1. The highest BCUT2D eigenvalue weighted by molar-refractivity contribution is 5.88. The average Bonchev–Trinajstić information content (AvgIpc) is 3.28. The lowest BCUT2D eigenvalue weighted by Gasteiger charge is -2.10. The molecule has 0 bridgehead atoms. The van der Waals surface area contributed by atoms with Crippen LogP contribution in [0.1, 0.15) is 11.3 Å². The summed E-state index contributed by atoms with van der Waals surface area (Å²) in [4.78, 5) is 4.80. The van der Waals surface area contributed by atoms with Crippen LogP contribution in [0.25, 0.3) is 33.3 Å². The number of fused-ring (bicyclic) bond motifs is 1. The van der Waals surface area contributed by atoms with Crippen molar-refractivity contribution in [1.82, 2.24) is 25.0 Å². The van der Waals surface area contributed by atoms with E-state index < -0.39 is 0 Å². The fourth-order valence-corrected chi connectivity index (χ4v) is 3.66. The van der Waals surface area contributed by atoms with Crippen LogP contribution < -0.4 is 4.74 Å². The highest BCUT2D eigenvalue weighted by Crippen LogP contribution is 2.32. The first kappa shape index (κ1) is 19.8. The Balaban J connectivity index is 1.54. The summed E-state index contributed by atoms with van der Waals surface area (Å²) in [7, 11) is 1.57. The Hall–Kier alpha value is -4.13. The monoisotopic (exact) mass is 425 g/mol. The molecule has 0 aliphatic rings. The van der Waals surface area contributed by atoms with Crippen LogP contribution in [-0.4, -0.2) is 32.1 Å². The minimum atomic E-state index is -0.240. The van der Waals surface area contributed by atoms with Crippen molar-refractivity contribution in [2.24, 2.45) is 0 Å². The quantitative estimate of drug-likeness (QED) is 0.394. The van der Waals surface area contributed by atoms with E-state index in [1.54, 1.807) is 30.1 Å². The zero-order chi connectivity index (χ0) is 22.1. The van der Waals surface area contributed by atoms with E-state index in [9.17, 15) is 4.39 Å². The molecule has 0 atom stereocenters. The Bertz CT molecular complexity index is 1430. The van der Waals surface area contributed by atoms with Crippen molar-refractivity contribution in [1.29, 1.82) is 0 Å². The van der Waals surface area contributed by atoms with Gasteiger partial charge in [0.1, 0.15) is 5.82 Å². The third-order valence-electron chi connectivity index (χ3n) is 5.32. The molecule has 0 saturated heterocycles. The molecule has 3 aromatic heterocycles. The summed E-state index contributed by atoms with van der Waals surface area (Å²) in [6.45, 7) is 2.31. The second kappa shape index (κ2) is 8.19. The van der Waals surface area contributed by atoms with Gasteiger partial charge in [0.05, 0.1) is 31.1 Å².